The van der Waals surface area contributed by atoms with Crippen LogP contribution in [-0.2, 0) is 6.42 Å². The molecule has 1 N–H and O–H groups in total. The van der Waals surface area contributed by atoms with E-state index in [4.69, 9.17) is 9.52 Å². The first-order chi connectivity index (χ1) is 5.75. The molecule has 64 valence electrons. The second kappa shape index (κ2) is 2.58. The van der Waals surface area contributed by atoms with Crippen molar-refractivity contribution in [2.75, 3.05) is 0 Å². The molecule has 1 heterocycles. The second-order valence-corrected chi connectivity index (χ2v) is 2.95. The average molecular weight is 168 g/mol. The summed E-state index contributed by atoms with van der Waals surface area (Å²) >= 11 is 0. The smallest absolute Gasteiger partial charge is 0.393 e. The van der Waals surface area contributed by atoms with E-state index in [0.29, 0.717) is 11.8 Å². The van der Waals surface area contributed by atoms with Crippen LogP contribution in [0, 0.1) is 5.92 Å². The van der Waals surface area contributed by atoms with E-state index < -0.39 is 5.97 Å². The summed E-state index contributed by atoms with van der Waals surface area (Å²) in [4.78, 5) is 10.3. The van der Waals surface area contributed by atoms with Crippen molar-refractivity contribution in [3.8, 4) is 0 Å². The molecular weight excluding hydrogens is 160 g/mol. The monoisotopic (exact) mass is 168 g/mol. The highest BCUT2D eigenvalue weighted by Gasteiger charge is 2.25. The van der Waals surface area contributed by atoms with Gasteiger partial charge in [-0.15, -0.1) is 10.2 Å². The first-order valence-electron chi connectivity index (χ1n) is 3.81. The van der Waals surface area contributed by atoms with Gasteiger partial charge in [0.05, 0.1) is 0 Å². The van der Waals surface area contributed by atoms with Gasteiger partial charge < -0.3 is 9.52 Å². The van der Waals surface area contributed by atoms with Crippen molar-refractivity contribution in [3.63, 3.8) is 0 Å². The van der Waals surface area contributed by atoms with E-state index in [2.05, 4.69) is 10.2 Å². The Morgan fingerprint density at radius 2 is 2.33 bits per heavy atom. The van der Waals surface area contributed by atoms with Crippen molar-refractivity contribution in [2.24, 2.45) is 5.92 Å². The molecule has 0 atom stereocenters. The van der Waals surface area contributed by atoms with Gasteiger partial charge >= 0.3 is 11.9 Å². The highest BCUT2D eigenvalue weighted by molar-refractivity contribution is 5.81. The minimum atomic E-state index is -1.16. The number of carbonyl (C=O) groups is 1. The molecule has 2 rings (SSSR count). The van der Waals surface area contributed by atoms with Gasteiger partial charge in [0.1, 0.15) is 0 Å². The van der Waals surface area contributed by atoms with Crippen molar-refractivity contribution in [1.29, 1.82) is 0 Å². The molecule has 1 aromatic heterocycles. The first kappa shape index (κ1) is 7.27. The van der Waals surface area contributed by atoms with Gasteiger partial charge in [-0.3, -0.25) is 0 Å². The van der Waals surface area contributed by atoms with Crippen molar-refractivity contribution in [2.45, 2.75) is 19.3 Å². The SMILES string of the molecule is O=C(O)c1nnc(CC2CC2)o1. The topological polar surface area (TPSA) is 76.2 Å². The van der Waals surface area contributed by atoms with Gasteiger partial charge in [-0.25, -0.2) is 4.79 Å². The van der Waals surface area contributed by atoms with E-state index in [9.17, 15) is 4.79 Å². The van der Waals surface area contributed by atoms with Crippen LogP contribution < -0.4 is 0 Å². The third-order valence-electron chi connectivity index (χ3n) is 1.81. The summed E-state index contributed by atoms with van der Waals surface area (Å²) in [6, 6.07) is 0. The summed E-state index contributed by atoms with van der Waals surface area (Å²) in [5, 5.41) is 15.5. The van der Waals surface area contributed by atoms with Gasteiger partial charge in [-0.05, 0) is 18.8 Å². The molecule has 0 saturated heterocycles. The molecule has 0 aromatic carbocycles. The zero-order valence-electron chi connectivity index (χ0n) is 6.36. The number of nitrogens with zero attached hydrogens (tertiary/aromatic N) is 2. The number of hydrogen-bond donors (Lipinski definition) is 1. The van der Waals surface area contributed by atoms with Gasteiger partial charge in [0, 0.05) is 6.42 Å². The van der Waals surface area contributed by atoms with Crippen LogP contribution in [0.2, 0.25) is 0 Å². The van der Waals surface area contributed by atoms with E-state index in [-0.39, 0.29) is 5.89 Å². The molecule has 0 aliphatic heterocycles. The summed E-state index contributed by atoms with van der Waals surface area (Å²) in [6.07, 6.45) is 3.09. The maximum absolute atomic E-state index is 10.3. The van der Waals surface area contributed by atoms with Crippen molar-refractivity contribution in [3.05, 3.63) is 11.8 Å². The molecule has 5 heteroatoms. The van der Waals surface area contributed by atoms with Crippen LogP contribution in [0.25, 0.3) is 0 Å². The molecule has 1 aliphatic carbocycles. The Balaban J connectivity index is 2.06. The molecule has 0 spiro atoms. The zero-order chi connectivity index (χ0) is 8.55. The van der Waals surface area contributed by atoms with Crippen LogP contribution in [0.3, 0.4) is 0 Å². The molecular formula is C7H8N2O3. The van der Waals surface area contributed by atoms with E-state index in [1.165, 1.54) is 12.8 Å². The highest BCUT2D eigenvalue weighted by atomic mass is 16.4. The predicted octanol–water partition coefficient (Wildman–Crippen LogP) is 0.720. The first-order valence-corrected chi connectivity index (χ1v) is 3.81. The molecule has 1 saturated carbocycles. The quantitative estimate of drug-likeness (QED) is 0.719. The van der Waals surface area contributed by atoms with Gasteiger partial charge in [0.15, 0.2) is 0 Å². The number of aromatic nitrogens is 2. The van der Waals surface area contributed by atoms with Crippen LogP contribution >= 0.6 is 0 Å². The largest absolute Gasteiger partial charge is 0.474 e. The lowest BCUT2D eigenvalue weighted by atomic mass is 10.3. The standard InChI is InChI=1S/C7H8N2O3/c10-7(11)6-9-8-5(12-6)3-4-1-2-4/h4H,1-3H2,(H,10,11). The lowest BCUT2D eigenvalue weighted by molar-refractivity contribution is 0.0651. The summed E-state index contributed by atoms with van der Waals surface area (Å²) in [5.41, 5.74) is 0. The minimum absolute atomic E-state index is 0.314. The molecule has 0 amide bonds. The Kier molecular flexibility index (Phi) is 1.56. The predicted molar refractivity (Wildman–Crippen MR) is 37.7 cm³/mol. The minimum Gasteiger partial charge on any atom is -0.474 e. The van der Waals surface area contributed by atoms with Crippen molar-refractivity contribution >= 4 is 5.97 Å². The lowest BCUT2D eigenvalue weighted by Gasteiger charge is -1.86. The summed E-state index contributed by atoms with van der Waals surface area (Å²) in [6.45, 7) is 0. The van der Waals surface area contributed by atoms with Crippen molar-refractivity contribution < 1.29 is 14.3 Å². The van der Waals surface area contributed by atoms with Gasteiger partial charge in [0.25, 0.3) is 0 Å². The maximum Gasteiger partial charge on any atom is 0.393 e. The Hall–Kier alpha value is -1.39. The summed E-state index contributed by atoms with van der Waals surface area (Å²) in [5.74, 6) is -0.405. The Morgan fingerprint density at radius 1 is 1.58 bits per heavy atom. The number of hydrogen-bond acceptors (Lipinski definition) is 4. The Bertz CT molecular complexity index is 303. The van der Waals surface area contributed by atoms with E-state index in [1.54, 1.807) is 0 Å². The molecule has 1 aliphatic rings. The third-order valence-corrected chi connectivity index (χ3v) is 1.81. The fraction of sp³-hybridized carbons (Fsp3) is 0.571. The lowest BCUT2D eigenvalue weighted by Crippen LogP contribution is -1.95. The van der Waals surface area contributed by atoms with E-state index in [1.807, 2.05) is 0 Å². The highest BCUT2D eigenvalue weighted by Crippen LogP contribution is 2.31. The maximum atomic E-state index is 10.3. The van der Waals surface area contributed by atoms with E-state index in [0.717, 1.165) is 6.42 Å². The molecule has 0 radical (unpaired) electrons. The molecule has 1 fully saturated rings. The number of carboxylic acids is 1. The fourth-order valence-corrected chi connectivity index (χ4v) is 0.991. The van der Waals surface area contributed by atoms with Crippen LogP contribution in [-0.4, -0.2) is 21.3 Å². The molecule has 5 nitrogen and oxygen atoms in total. The van der Waals surface area contributed by atoms with E-state index >= 15 is 0 Å². The molecule has 0 unspecified atom stereocenters. The molecule has 1 aromatic rings. The molecule has 12 heavy (non-hydrogen) atoms. The van der Waals surface area contributed by atoms with Gasteiger partial charge in [-0.2, -0.15) is 0 Å². The summed E-state index contributed by atoms with van der Waals surface area (Å²) < 4.78 is 4.87. The van der Waals surface area contributed by atoms with Gasteiger partial charge in [-0.1, -0.05) is 0 Å². The number of rotatable bonds is 3. The number of carboxylic acid groups (broad SMARTS) is 1. The van der Waals surface area contributed by atoms with Crippen LogP contribution in [0.5, 0.6) is 0 Å². The third kappa shape index (κ3) is 1.44. The average Bonchev–Trinajstić information content (AvgIpc) is 2.66. The number of aromatic carboxylic acids is 1. The normalized spacial score (nSPS) is 16.3. The van der Waals surface area contributed by atoms with Crippen molar-refractivity contribution in [1.82, 2.24) is 10.2 Å². The van der Waals surface area contributed by atoms with Crippen LogP contribution in [0.1, 0.15) is 29.4 Å². The second-order valence-electron chi connectivity index (χ2n) is 2.95. The fourth-order valence-electron chi connectivity index (χ4n) is 0.991. The van der Waals surface area contributed by atoms with Gasteiger partial charge in [0.2, 0.25) is 5.89 Å². The summed E-state index contributed by atoms with van der Waals surface area (Å²) in [7, 11) is 0. The van der Waals surface area contributed by atoms with Crippen LogP contribution in [0.15, 0.2) is 4.42 Å². The Morgan fingerprint density at radius 3 is 2.83 bits per heavy atom. The molecule has 0 bridgehead atoms. The Labute approximate surface area is 68.4 Å². The zero-order valence-corrected chi connectivity index (χ0v) is 6.36. The van der Waals surface area contributed by atoms with Crippen LogP contribution in [0.4, 0.5) is 0 Å².